The van der Waals surface area contributed by atoms with Crippen molar-refractivity contribution in [2.24, 2.45) is 4.99 Å². The number of hydrogen-bond acceptors (Lipinski definition) is 6. The van der Waals surface area contributed by atoms with Crippen molar-refractivity contribution >= 4 is 11.5 Å². The minimum atomic E-state index is 0.856. The van der Waals surface area contributed by atoms with Crippen molar-refractivity contribution < 1.29 is 0 Å². The molecule has 0 atom stereocenters. The zero-order valence-electron chi connectivity index (χ0n) is 17.2. The summed E-state index contributed by atoms with van der Waals surface area (Å²) < 4.78 is 0. The number of pyridine rings is 1. The van der Waals surface area contributed by atoms with Crippen molar-refractivity contribution in [2.75, 3.05) is 31.1 Å². The van der Waals surface area contributed by atoms with Gasteiger partial charge in [-0.15, -0.1) is 0 Å². The van der Waals surface area contributed by atoms with Crippen LogP contribution in [0.1, 0.15) is 61.2 Å². The summed E-state index contributed by atoms with van der Waals surface area (Å²) in [5.41, 5.74) is 4.84. The molecule has 29 heavy (non-hydrogen) atoms. The first kappa shape index (κ1) is 18.7. The SMILES string of the molecule is c1cc(N2CCCCC2)ncc1CN1CCc2nc(C3=NCCCC3)ncc2C1. The molecule has 6 heteroatoms. The monoisotopic (exact) mass is 390 g/mol. The smallest absolute Gasteiger partial charge is 0.173 e. The average molecular weight is 391 g/mol. The van der Waals surface area contributed by atoms with Gasteiger partial charge in [-0.3, -0.25) is 9.89 Å². The van der Waals surface area contributed by atoms with Crippen LogP contribution >= 0.6 is 0 Å². The van der Waals surface area contributed by atoms with E-state index in [4.69, 9.17) is 9.97 Å². The third-order valence-corrected chi connectivity index (χ3v) is 6.29. The predicted molar refractivity (Wildman–Crippen MR) is 115 cm³/mol. The van der Waals surface area contributed by atoms with Crippen LogP contribution in [0.15, 0.2) is 29.5 Å². The largest absolute Gasteiger partial charge is 0.357 e. The van der Waals surface area contributed by atoms with Crippen LogP contribution in [-0.4, -0.2) is 51.7 Å². The molecule has 3 aliphatic rings. The molecule has 0 bridgehead atoms. The number of aromatic nitrogens is 3. The van der Waals surface area contributed by atoms with Crippen LogP contribution in [0.25, 0.3) is 0 Å². The van der Waals surface area contributed by atoms with Gasteiger partial charge in [0, 0.05) is 63.6 Å². The molecule has 0 aromatic carbocycles. The lowest BCUT2D eigenvalue weighted by Gasteiger charge is -2.29. The van der Waals surface area contributed by atoms with E-state index in [1.54, 1.807) is 0 Å². The normalized spacial score (nSPS) is 20.3. The summed E-state index contributed by atoms with van der Waals surface area (Å²) in [6.07, 6.45) is 12.4. The van der Waals surface area contributed by atoms with E-state index >= 15 is 0 Å². The molecule has 0 unspecified atom stereocenters. The van der Waals surface area contributed by atoms with E-state index in [2.05, 4.69) is 38.1 Å². The molecule has 0 aliphatic carbocycles. The zero-order chi connectivity index (χ0) is 19.5. The highest BCUT2D eigenvalue weighted by Gasteiger charge is 2.20. The summed E-state index contributed by atoms with van der Waals surface area (Å²) in [6, 6.07) is 4.44. The van der Waals surface area contributed by atoms with Crippen LogP contribution in [-0.2, 0) is 19.5 Å². The molecule has 2 aromatic rings. The molecule has 0 saturated carbocycles. The molecule has 1 saturated heterocycles. The quantitative estimate of drug-likeness (QED) is 0.801. The molecule has 5 heterocycles. The number of anilines is 1. The van der Waals surface area contributed by atoms with Crippen molar-refractivity contribution in [1.29, 1.82) is 0 Å². The van der Waals surface area contributed by atoms with Gasteiger partial charge in [-0.25, -0.2) is 15.0 Å². The van der Waals surface area contributed by atoms with Gasteiger partial charge in [0.15, 0.2) is 5.82 Å². The van der Waals surface area contributed by atoms with Gasteiger partial charge in [0.2, 0.25) is 0 Å². The Hall–Kier alpha value is -2.34. The Kier molecular flexibility index (Phi) is 5.52. The van der Waals surface area contributed by atoms with Crippen LogP contribution in [0.3, 0.4) is 0 Å². The van der Waals surface area contributed by atoms with Crippen molar-refractivity contribution in [3.05, 3.63) is 47.2 Å². The van der Waals surface area contributed by atoms with E-state index in [0.717, 1.165) is 69.5 Å². The van der Waals surface area contributed by atoms with Gasteiger partial charge in [-0.05, 0) is 50.2 Å². The van der Waals surface area contributed by atoms with Gasteiger partial charge >= 0.3 is 0 Å². The highest BCUT2D eigenvalue weighted by Crippen LogP contribution is 2.21. The van der Waals surface area contributed by atoms with Crippen molar-refractivity contribution in [3.8, 4) is 0 Å². The van der Waals surface area contributed by atoms with Crippen molar-refractivity contribution in [2.45, 2.75) is 58.0 Å². The topological polar surface area (TPSA) is 57.5 Å². The number of aliphatic imine (C=N–C) groups is 1. The maximum atomic E-state index is 4.86. The molecular formula is C23H30N6. The molecule has 152 valence electrons. The third-order valence-electron chi connectivity index (χ3n) is 6.29. The summed E-state index contributed by atoms with van der Waals surface area (Å²) in [7, 11) is 0. The van der Waals surface area contributed by atoms with Gasteiger partial charge in [0.25, 0.3) is 0 Å². The van der Waals surface area contributed by atoms with Gasteiger partial charge in [-0.2, -0.15) is 0 Å². The minimum absolute atomic E-state index is 0.856. The van der Waals surface area contributed by atoms with Crippen LogP contribution in [0, 0.1) is 0 Å². The van der Waals surface area contributed by atoms with E-state index in [0.29, 0.717) is 0 Å². The molecule has 0 radical (unpaired) electrons. The van der Waals surface area contributed by atoms with Gasteiger partial charge in [0.05, 0.1) is 11.4 Å². The number of piperidine rings is 1. The number of rotatable bonds is 4. The molecule has 0 amide bonds. The van der Waals surface area contributed by atoms with E-state index in [9.17, 15) is 0 Å². The lowest BCUT2D eigenvalue weighted by molar-refractivity contribution is 0.242. The fraction of sp³-hybridized carbons (Fsp3) is 0.565. The second-order valence-electron chi connectivity index (χ2n) is 8.48. The van der Waals surface area contributed by atoms with E-state index in [1.807, 2.05) is 6.20 Å². The molecule has 1 fully saturated rings. The first-order valence-corrected chi connectivity index (χ1v) is 11.2. The van der Waals surface area contributed by atoms with Gasteiger partial charge < -0.3 is 4.90 Å². The maximum absolute atomic E-state index is 4.86. The second kappa shape index (κ2) is 8.57. The Bertz CT molecular complexity index is 869. The Labute approximate surface area is 173 Å². The molecular weight excluding hydrogens is 360 g/mol. The van der Waals surface area contributed by atoms with Crippen molar-refractivity contribution in [1.82, 2.24) is 19.9 Å². The van der Waals surface area contributed by atoms with Gasteiger partial charge in [0.1, 0.15) is 5.82 Å². The molecule has 2 aromatic heterocycles. The number of fused-ring (bicyclic) bond motifs is 1. The van der Waals surface area contributed by atoms with Crippen LogP contribution in [0.2, 0.25) is 0 Å². The molecule has 0 N–H and O–H groups in total. The Balaban J connectivity index is 1.22. The summed E-state index contributed by atoms with van der Waals surface area (Å²) in [5.74, 6) is 1.98. The summed E-state index contributed by atoms with van der Waals surface area (Å²) in [6.45, 7) is 6.09. The number of nitrogens with zero attached hydrogens (tertiary/aromatic N) is 6. The van der Waals surface area contributed by atoms with Crippen LogP contribution < -0.4 is 4.90 Å². The van der Waals surface area contributed by atoms with Crippen LogP contribution in [0.5, 0.6) is 0 Å². The predicted octanol–water partition coefficient (Wildman–Crippen LogP) is 3.39. The molecule has 0 spiro atoms. The average Bonchev–Trinajstić information content (AvgIpc) is 2.80. The molecule has 6 nitrogen and oxygen atoms in total. The van der Waals surface area contributed by atoms with Crippen molar-refractivity contribution in [3.63, 3.8) is 0 Å². The van der Waals surface area contributed by atoms with Crippen LogP contribution in [0.4, 0.5) is 5.82 Å². The van der Waals surface area contributed by atoms with E-state index < -0.39 is 0 Å². The fourth-order valence-electron chi connectivity index (χ4n) is 4.61. The fourth-order valence-corrected chi connectivity index (χ4v) is 4.61. The summed E-state index contributed by atoms with van der Waals surface area (Å²) in [5, 5.41) is 0. The highest BCUT2D eigenvalue weighted by molar-refractivity contribution is 5.97. The lowest BCUT2D eigenvalue weighted by Crippen LogP contribution is -2.32. The highest BCUT2D eigenvalue weighted by atomic mass is 15.2. The second-order valence-corrected chi connectivity index (χ2v) is 8.48. The zero-order valence-corrected chi connectivity index (χ0v) is 17.2. The lowest BCUT2D eigenvalue weighted by atomic mass is 10.0. The number of hydrogen-bond donors (Lipinski definition) is 0. The third kappa shape index (κ3) is 4.32. The Morgan fingerprint density at radius 1 is 0.862 bits per heavy atom. The Morgan fingerprint density at radius 2 is 1.79 bits per heavy atom. The van der Waals surface area contributed by atoms with Gasteiger partial charge in [-0.1, -0.05) is 6.07 Å². The first-order chi connectivity index (χ1) is 14.3. The minimum Gasteiger partial charge on any atom is -0.357 e. The maximum Gasteiger partial charge on any atom is 0.173 e. The molecule has 5 rings (SSSR count). The molecule has 3 aliphatic heterocycles. The van der Waals surface area contributed by atoms with E-state index in [-0.39, 0.29) is 0 Å². The summed E-state index contributed by atoms with van der Waals surface area (Å²) >= 11 is 0. The standard InChI is InChI=1S/C23H30N6/c1-4-11-29(12-5-1)22-8-7-18(14-25-22)16-28-13-9-20-19(17-28)15-26-23(27-20)21-6-2-3-10-24-21/h7-8,14-15H,1-6,9-13,16-17H2. The first-order valence-electron chi connectivity index (χ1n) is 11.2. The summed E-state index contributed by atoms with van der Waals surface area (Å²) in [4.78, 5) is 23.7. The Morgan fingerprint density at radius 3 is 2.59 bits per heavy atom. The van der Waals surface area contributed by atoms with E-state index in [1.165, 1.54) is 48.9 Å².